The normalized spacial score (nSPS) is 11.7. The SMILES string of the molecule is CCCn1c(N)c(N(C)C(C)(C)CO)c(=O)n(C)c1=O. The summed E-state index contributed by atoms with van der Waals surface area (Å²) in [6.45, 7) is 5.82. The van der Waals surface area contributed by atoms with E-state index < -0.39 is 16.8 Å². The Morgan fingerprint density at radius 1 is 1.35 bits per heavy atom. The lowest BCUT2D eigenvalue weighted by Crippen LogP contribution is -2.50. The van der Waals surface area contributed by atoms with E-state index in [4.69, 9.17) is 5.73 Å². The molecular weight excluding hydrogens is 260 g/mol. The first-order valence-electron chi connectivity index (χ1n) is 6.63. The Hall–Kier alpha value is -1.76. The second kappa shape index (κ2) is 5.70. The predicted molar refractivity (Wildman–Crippen MR) is 80.2 cm³/mol. The van der Waals surface area contributed by atoms with Crippen LogP contribution in [0.15, 0.2) is 9.59 Å². The Kier molecular flexibility index (Phi) is 4.65. The number of hydrogen-bond donors (Lipinski definition) is 2. The molecule has 1 rings (SSSR count). The number of nitrogen functional groups attached to an aromatic ring is 1. The molecule has 0 radical (unpaired) electrons. The van der Waals surface area contributed by atoms with Gasteiger partial charge in [-0.25, -0.2) is 4.79 Å². The summed E-state index contributed by atoms with van der Waals surface area (Å²) < 4.78 is 2.44. The first-order chi connectivity index (χ1) is 9.18. The number of rotatable bonds is 5. The summed E-state index contributed by atoms with van der Waals surface area (Å²) in [6.07, 6.45) is 0.731. The number of aliphatic hydroxyl groups excluding tert-OH is 1. The largest absolute Gasteiger partial charge is 0.394 e. The Labute approximate surface area is 118 Å². The zero-order valence-electron chi connectivity index (χ0n) is 12.8. The van der Waals surface area contributed by atoms with Crippen LogP contribution in [0, 0.1) is 0 Å². The molecule has 3 N–H and O–H groups in total. The van der Waals surface area contributed by atoms with Gasteiger partial charge in [-0.3, -0.25) is 13.9 Å². The smallest absolute Gasteiger partial charge is 0.332 e. The van der Waals surface area contributed by atoms with Crippen LogP contribution in [0.4, 0.5) is 11.5 Å². The highest BCUT2D eigenvalue weighted by Gasteiger charge is 2.28. The minimum atomic E-state index is -0.658. The van der Waals surface area contributed by atoms with Crippen LogP contribution in [-0.2, 0) is 13.6 Å². The molecule has 0 spiro atoms. The summed E-state index contributed by atoms with van der Waals surface area (Å²) in [4.78, 5) is 26.0. The van der Waals surface area contributed by atoms with Gasteiger partial charge in [0.15, 0.2) is 0 Å². The van der Waals surface area contributed by atoms with Crippen molar-refractivity contribution in [2.45, 2.75) is 39.3 Å². The average molecular weight is 284 g/mol. The number of aliphatic hydroxyl groups is 1. The number of likely N-dealkylation sites (N-methyl/N-ethyl adjacent to an activating group) is 1. The van der Waals surface area contributed by atoms with Crippen molar-refractivity contribution in [3.05, 3.63) is 20.8 Å². The fraction of sp³-hybridized carbons (Fsp3) is 0.692. The van der Waals surface area contributed by atoms with E-state index in [1.54, 1.807) is 25.8 Å². The molecule has 0 saturated heterocycles. The standard InChI is InChI=1S/C13H24N4O3/c1-6-7-17-10(14)9(11(19)15(4)12(17)20)16(5)13(2,3)8-18/h18H,6-8,14H2,1-5H3. The van der Waals surface area contributed by atoms with Crippen molar-refractivity contribution in [2.75, 3.05) is 24.3 Å². The molecule has 1 aromatic heterocycles. The highest BCUT2D eigenvalue weighted by Crippen LogP contribution is 2.23. The monoisotopic (exact) mass is 284 g/mol. The molecule has 114 valence electrons. The van der Waals surface area contributed by atoms with Gasteiger partial charge in [-0.05, 0) is 20.3 Å². The van der Waals surface area contributed by atoms with E-state index >= 15 is 0 Å². The fourth-order valence-corrected chi connectivity index (χ4v) is 1.93. The van der Waals surface area contributed by atoms with Gasteiger partial charge in [0.05, 0.1) is 12.1 Å². The third-order valence-corrected chi connectivity index (χ3v) is 3.64. The van der Waals surface area contributed by atoms with Crippen LogP contribution in [0.2, 0.25) is 0 Å². The first kappa shape index (κ1) is 16.3. The second-order valence-corrected chi connectivity index (χ2v) is 5.56. The molecule has 1 heterocycles. The molecule has 1 aromatic rings. The van der Waals surface area contributed by atoms with Gasteiger partial charge in [0.2, 0.25) is 0 Å². The molecule has 7 heteroatoms. The van der Waals surface area contributed by atoms with Crippen molar-refractivity contribution in [1.29, 1.82) is 0 Å². The Balaban J connectivity index is 3.64. The minimum Gasteiger partial charge on any atom is -0.394 e. The summed E-state index contributed by atoms with van der Waals surface area (Å²) in [5, 5.41) is 9.44. The third-order valence-electron chi connectivity index (χ3n) is 3.64. The van der Waals surface area contributed by atoms with Crippen LogP contribution < -0.4 is 21.9 Å². The number of nitrogens with zero attached hydrogens (tertiary/aromatic N) is 3. The van der Waals surface area contributed by atoms with Crippen molar-refractivity contribution >= 4 is 11.5 Å². The molecule has 0 aliphatic heterocycles. The van der Waals surface area contributed by atoms with E-state index in [0.29, 0.717) is 6.54 Å². The summed E-state index contributed by atoms with van der Waals surface area (Å²) in [7, 11) is 3.11. The van der Waals surface area contributed by atoms with Crippen LogP contribution in [0.25, 0.3) is 0 Å². The van der Waals surface area contributed by atoms with Crippen molar-refractivity contribution in [2.24, 2.45) is 7.05 Å². The average Bonchev–Trinajstić information content (AvgIpc) is 2.41. The molecule has 0 saturated carbocycles. The van der Waals surface area contributed by atoms with Crippen LogP contribution in [0.1, 0.15) is 27.2 Å². The van der Waals surface area contributed by atoms with Gasteiger partial charge in [0.25, 0.3) is 5.56 Å². The molecular formula is C13H24N4O3. The highest BCUT2D eigenvalue weighted by atomic mass is 16.3. The Bertz CT molecular complexity index is 601. The first-order valence-corrected chi connectivity index (χ1v) is 6.63. The Morgan fingerprint density at radius 2 is 1.90 bits per heavy atom. The molecule has 0 unspecified atom stereocenters. The van der Waals surface area contributed by atoms with E-state index in [0.717, 1.165) is 11.0 Å². The maximum atomic E-state index is 12.3. The van der Waals surface area contributed by atoms with Crippen LogP contribution in [0.5, 0.6) is 0 Å². The van der Waals surface area contributed by atoms with E-state index in [9.17, 15) is 14.7 Å². The van der Waals surface area contributed by atoms with Crippen molar-refractivity contribution in [3.63, 3.8) is 0 Å². The molecule has 0 bridgehead atoms. The van der Waals surface area contributed by atoms with Gasteiger partial charge < -0.3 is 15.7 Å². The maximum Gasteiger partial charge on any atom is 0.332 e. The molecule has 7 nitrogen and oxygen atoms in total. The molecule has 0 atom stereocenters. The molecule has 0 fully saturated rings. The maximum absolute atomic E-state index is 12.3. The summed E-state index contributed by atoms with van der Waals surface area (Å²) in [5.41, 5.74) is 4.72. The van der Waals surface area contributed by atoms with Gasteiger partial charge in [0, 0.05) is 20.6 Å². The topological polar surface area (TPSA) is 93.5 Å². The number of aromatic nitrogens is 2. The van der Waals surface area contributed by atoms with Crippen LogP contribution >= 0.6 is 0 Å². The molecule has 0 amide bonds. The number of nitrogens with two attached hydrogens (primary N) is 1. The van der Waals surface area contributed by atoms with Crippen molar-refractivity contribution in [1.82, 2.24) is 9.13 Å². The lowest BCUT2D eigenvalue weighted by atomic mass is 10.0. The van der Waals surface area contributed by atoms with Crippen molar-refractivity contribution in [3.8, 4) is 0 Å². The minimum absolute atomic E-state index is 0.140. The van der Waals surface area contributed by atoms with Gasteiger partial charge in [-0.1, -0.05) is 6.92 Å². The number of hydrogen-bond acceptors (Lipinski definition) is 5. The van der Waals surface area contributed by atoms with Crippen molar-refractivity contribution < 1.29 is 5.11 Å². The molecule has 0 aliphatic carbocycles. The molecule has 20 heavy (non-hydrogen) atoms. The zero-order valence-corrected chi connectivity index (χ0v) is 12.8. The van der Waals surface area contributed by atoms with Gasteiger partial charge in [0.1, 0.15) is 11.5 Å². The van der Waals surface area contributed by atoms with Gasteiger partial charge in [-0.15, -0.1) is 0 Å². The summed E-state index contributed by atoms with van der Waals surface area (Å²) in [5.74, 6) is 0.143. The fourth-order valence-electron chi connectivity index (χ4n) is 1.93. The summed E-state index contributed by atoms with van der Waals surface area (Å²) in [6, 6.07) is 0. The zero-order chi connectivity index (χ0) is 15.7. The highest BCUT2D eigenvalue weighted by molar-refractivity contribution is 5.63. The van der Waals surface area contributed by atoms with E-state index in [-0.39, 0.29) is 18.1 Å². The van der Waals surface area contributed by atoms with E-state index in [1.807, 2.05) is 6.92 Å². The predicted octanol–water partition coefficient (Wildman–Crippen LogP) is -0.254. The Morgan fingerprint density at radius 3 is 2.35 bits per heavy atom. The van der Waals surface area contributed by atoms with Crippen LogP contribution in [0.3, 0.4) is 0 Å². The van der Waals surface area contributed by atoms with Gasteiger partial charge in [-0.2, -0.15) is 0 Å². The van der Waals surface area contributed by atoms with Gasteiger partial charge >= 0.3 is 5.69 Å². The lowest BCUT2D eigenvalue weighted by molar-refractivity contribution is 0.216. The van der Waals surface area contributed by atoms with E-state index in [2.05, 4.69) is 0 Å². The molecule has 0 aromatic carbocycles. The number of anilines is 2. The quantitative estimate of drug-likeness (QED) is 0.777. The third kappa shape index (κ3) is 2.58. The summed E-state index contributed by atoms with van der Waals surface area (Å²) >= 11 is 0. The lowest BCUT2D eigenvalue weighted by Gasteiger charge is -2.36. The second-order valence-electron chi connectivity index (χ2n) is 5.56. The van der Waals surface area contributed by atoms with Crippen LogP contribution in [-0.4, -0.2) is 33.4 Å². The van der Waals surface area contributed by atoms with E-state index in [1.165, 1.54) is 11.6 Å². The molecule has 0 aliphatic rings.